The lowest BCUT2D eigenvalue weighted by Gasteiger charge is -2.27. The van der Waals surface area contributed by atoms with Gasteiger partial charge in [-0.05, 0) is 25.0 Å². The molecule has 39 heavy (non-hydrogen) atoms. The van der Waals surface area contributed by atoms with E-state index in [2.05, 4.69) is 20.3 Å². The molecule has 2 atom stereocenters. The zero-order valence-corrected chi connectivity index (χ0v) is 21.3. The molecule has 206 valence electrons. The number of hydrogen-bond donors (Lipinski definition) is 1. The van der Waals surface area contributed by atoms with Crippen molar-refractivity contribution in [1.82, 2.24) is 29.7 Å². The maximum Gasteiger partial charge on any atom is 0.296 e. The minimum Gasteiger partial charge on any atom is -0.477 e. The lowest BCUT2D eigenvalue weighted by molar-refractivity contribution is -0.133. The van der Waals surface area contributed by atoms with Gasteiger partial charge < -0.3 is 24.6 Å². The third-order valence-corrected chi connectivity index (χ3v) is 7.34. The van der Waals surface area contributed by atoms with E-state index in [9.17, 15) is 18.4 Å². The van der Waals surface area contributed by atoms with E-state index in [1.807, 2.05) is 4.90 Å². The van der Waals surface area contributed by atoms with Gasteiger partial charge in [0.05, 0.1) is 30.9 Å². The Morgan fingerprint density at radius 2 is 1.95 bits per heavy atom. The number of hydrogen-bond acceptors (Lipinski definition) is 8. The van der Waals surface area contributed by atoms with Gasteiger partial charge in [0.25, 0.3) is 6.43 Å². The number of carbonyl (C=O) groups excluding carboxylic acids is 2. The number of morpholine rings is 1. The molecule has 11 nitrogen and oxygen atoms in total. The number of nitrogens with one attached hydrogen (secondary N) is 1. The Labute approximate surface area is 223 Å². The third kappa shape index (κ3) is 5.22. The molecule has 3 saturated heterocycles. The number of aromatic nitrogens is 4. The molecule has 3 aliphatic rings. The van der Waals surface area contributed by atoms with Gasteiger partial charge in [0.2, 0.25) is 23.6 Å². The third-order valence-electron chi connectivity index (χ3n) is 7.34. The average molecular weight is 542 g/mol. The fourth-order valence-corrected chi connectivity index (χ4v) is 5.32. The summed E-state index contributed by atoms with van der Waals surface area (Å²) in [6.07, 6.45) is -1.16. The molecule has 6 rings (SSSR count). The zero-order valence-electron chi connectivity index (χ0n) is 21.3. The molecule has 3 aromatic rings. The number of imidazole rings is 1. The predicted molar refractivity (Wildman–Crippen MR) is 136 cm³/mol. The molecule has 0 radical (unpaired) electrons. The molecule has 2 amide bonds. The van der Waals surface area contributed by atoms with Crippen molar-refractivity contribution in [3.8, 4) is 11.7 Å². The van der Waals surface area contributed by atoms with Gasteiger partial charge in [0, 0.05) is 44.6 Å². The van der Waals surface area contributed by atoms with Crippen LogP contribution in [0.4, 0.5) is 14.7 Å². The SMILES string of the molecule is O=C1CC[C@H](C(=O)N2CC[C@H](COc3cc(-n4c(C(F)F)nc5ccccc54)nc(N4CCOCC4)n3)C2)N1. The molecular formula is C26H29F2N7O4. The van der Waals surface area contributed by atoms with Gasteiger partial charge >= 0.3 is 0 Å². The minimum absolute atomic E-state index is 0.0613. The van der Waals surface area contributed by atoms with E-state index in [0.717, 1.165) is 6.42 Å². The van der Waals surface area contributed by atoms with E-state index in [4.69, 9.17) is 9.47 Å². The first-order chi connectivity index (χ1) is 19.0. The van der Waals surface area contributed by atoms with Crippen LogP contribution in [0, 0.1) is 5.92 Å². The monoisotopic (exact) mass is 541 g/mol. The molecule has 13 heteroatoms. The van der Waals surface area contributed by atoms with Crippen LogP contribution in [0.2, 0.25) is 0 Å². The van der Waals surface area contributed by atoms with E-state index >= 15 is 0 Å². The van der Waals surface area contributed by atoms with Gasteiger partial charge in [-0.15, -0.1) is 0 Å². The lowest BCUT2D eigenvalue weighted by Crippen LogP contribution is -2.43. The summed E-state index contributed by atoms with van der Waals surface area (Å²) in [5.41, 5.74) is 0.949. The maximum atomic E-state index is 14.1. The van der Waals surface area contributed by atoms with E-state index in [0.29, 0.717) is 75.8 Å². The summed E-state index contributed by atoms with van der Waals surface area (Å²) in [6, 6.07) is 8.02. The number of halogens is 2. The molecule has 0 bridgehead atoms. The van der Waals surface area contributed by atoms with Crippen LogP contribution in [0.3, 0.4) is 0 Å². The Kier molecular flexibility index (Phi) is 6.98. The number of alkyl halides is 2. The normalized spacial score (nSPS) is 21.7. The number of para-hydroxylation sites is 2. The lowest BCUT2D eigenvalue weighted by atomic mass is 10.1. The molecule has 0 spiro atoms. The molecule has 0 unspecified atom stereocenters. The van der Waals surface area contributed by atoms with Gasteiger partial charge in [-0.2, -0.15) is 9.97 Å². The highest BCUT2D eigenvalue weighted by Crippen LogP contribution is 2.30. The first-order valence-electron chi connectivity index (χ1n) is 13.1. The second-order valence-corrected chi connectivity index (χ2v) is 9.97. The van der Waals surface area contributed by atoms with Crippen molar-refractivity contribution < 1.29 is 27.8 Å². The van der Waals surface area contributed by atoms with Crippen LogP contribution in [0.5, 0.6) is 5.88 Å². The van der Waals surface area contributed by atoms with Crippen LogP contribution in [0.25, 0.3) is 16.9 Å². The highest BCUT2D eigenvalue weighted by Gasteiger charge is 2.35. The summed E-state index contributed by atoms with van der Waals surface area (Å²) in [5, 5.41) is 2.73. The van der Waals surface area contributed by atoms with Gasteiger partial charge in [0.15, 0.2) is 5.82 Å². The first kappa shape index (κ1) is 25.4. The van der Waals surface area contributed by atoms with Gasteiger partial charge in [-0.3, -0.25) is 14.2 Å². The summed E-state index contributed by atoms with van der Waals surface area (Å²) in [7, 11) is 0. The van der Waals surface area contributed by atoms with Crippen LogP contribution in [-0.4, -0.2) is 88.3 Å². The first-order valence-corrected chi connectivity index (χ1v) is 13.1. The summed E-state index contributed by atoms with van der Waals surface area (Å²) in [4.78, 5) is 41.4. The zero-order chi connectivity index (χ0) is 26.9. The van der Waals surface area contributed by atoms with Crippen LogP contribution >= 0.6 is 0 Å². The number of rotatable bonds is 7. The highest BCUT2D eigenvalue weighted by atomic mass is 19.3. The van der Waals surface area contributed by atoms with Crippen LogP contribution in [-0.2, 0) is 14.3 Å². The molecule has 2 aromatic heterocycles. The van der Waals surface area contributed by atoms with Crippen molar-refractivity contribution in [1.29, 1.82) is 0 Å². The Morgan fingerprint density at radius 1 is 1.13 bits per heavy atom. The number of likely N-dealkylation sites (tertiary alicyclic amines) is 1. The number of anilines is 1. The fourth-order valence-electron chi connectivity index (χ4n) is 5.32. The van der Waals surface area contributed by atoms with Gasteiger partial charge in [-0.25, -0.2) is 13.8 Å². The average Bonchev–Trinajstić information content (AvgIpc) is 3.70. The van der Waals surface area contributed by atoms with E-state index in [1.165, 1.54) is 4.57 Å². The van der Waals surface area contributed by atoms with Gasteiger partial charge in [-0.1, -0.05) is 12.1 Å². The largest absolute Gasteiger partial charge is 0.477 e. The Hall–Kier alpha value is -3.87. The molecule has 1 N–H and O–H groups in total. The predicted octanol–water partition coefficient (Wildman–Crippen LogP) is 2.10. The van der Waals surface area contributed by atoms with Crippen LogP contribution in [0.1, 0.15) is 31.5 Å². The van der Waals surface area contributed by atoms with Crippen LogP contribution in [0.15, 0.2) is 30.3 Å². The number of carbonyl (C=O) groups is 2. The number of amides is 2. The van der Waals surface area contributed by atoms with Gasteiger partial charge in [0.1, 0.15) is 11.9 Å². The summed E-state index contributed by atoms with van der Waals surface area (Å²) < 4.78 is 41.0. The highest BCUT2D eigenvalue weighted by molar-refractivity contribution is 5.91. The quantitative estimate of drug-likeness (QED) is 0.484. The summed E-state index contributed by atoms with van der Waals surface area (Å²) >= 11 is 0. The van der Waals surface area contributed by atoms with Crippen molar-refractivity contribution in [2.24, 2.45) is 5.92 Å². The molecule has 3 aliphatic heterocycles. The van der Waals surface area contributed by atoms with Crippen molar-refractivity contribution in [2.75, 3.05) is 50.9 Å². The molecule has 1 aromatic carbocycles. The smallest absolute Gasteiger partial charge is 0.296 e. The Morgan fingerprint density at radius 3 is 2.72 bits per heavy atom. The maximum absolute atomic E-state index is 14.1. The summed E-state index contributed by atoms with van der Waals surface area (Å²) in [5.74, 6) is 0.374. The van der Waals surface area contributed by atoms with Crippen LogP contribution < -0.4 is 15.0 Å². The topological polar surface area (TPSA) is 115 Å². The van der Waals surface area contributed by atoms with Crippen molar-refractivity contribution in [2.45, 2.75) is 31.7 Å². The number of benzene rings is 1. The minimum atomic E-state index is -2.81. The van der Waals surface area contributed by atoms with Crippen molar-refractivity contribution >= 4 is 28.8 Å². The number of nitrogens with zero attached hydrogens (tertiary/aromatic N) is 6. The summed E-state index contributed by atoms with van der Waals surface area (Å²) in [6.45, 7) is 3.54. The second-order valence-electron chi connectivity index (χ2n) is 9.97. The second kappa shape index (κ2) is 10.7. The Bertz CT molecular complexity index is 1380. The van der Waals surface area contributed by atoms with E-state index < -0.39 is 18.3 Å². The number of ether oxygens (including phenoxy) is 2. The fraction of sp³-hybridized carbons (Fsp3) is 0.500. The van der Waals surface area contributed by atoms with E-state index in [1.54, 1.807) is 35.2 Å². The van der Waals surface area contributed by atoms with Crippen molar-refractivity contribution in [3.63, 3.8) is 0 Å². The number of fused-ring (bicyclic) bond motifs is 1. The molecule has 3 fully saturated rings. The Balaban J connectivity index is 1.25. The van der Waals surface area contributed by atoms with Crippen molar-refractivity contribution in [3.05, 3.63) is 36.2 Å². The molecule has 0 aliphatic carbocycles. The molecular weight excluding hydrogens is 512 g/mol. The molecule has 0 saturated carbocycles. The van der Waals surface area contributed by atoms with E-state index in [-0.39, 0.29) is 29.4 Å². The standard InChI is InChI=1S/C26H29F2N7O4/c27-23(28)24-30-17-3-1-2-4-19(17)35(24)20-13-22(32-26(31-20)33-9-11-38-12-10-33)39-15-16-7-8-34(14-16)25(37)18-5-6-21(36)29-18/h1-4,13,16,18,23H,5-12,14-15H2,(H,29,36)/t16-,18+/m0/s1. The molecule has 5 heterocycles.